The van der Waals surface area contributed by atoms with Gasteiger partial charge < -0.3 is 16.0 Å². The summed E-state index contributed by atoms with van der Waals surface area (Å²) in [7, 11) is 1.96. The second-order valence-electron chi connectivity index (χ2n) is 7.30. The van der Waals surface area contributed by atoms with E-state index >= 15 is 0 Å². The van der Waals surface area contributed by atoms with Crippen LogP contribution < -0.4 is 16.0 Å². The maximum absolute atomic E-state index is 12.1. The highest BCUT2D eigenvalue weighted by atomic mass is 127. The molecular formula is C22H35IN6O. The monoisotopic (exact) mass is 526 g/mol. The van der Waals surface area contributed by atoms with E-state index in [9.17, 15) is 4.79 Å². The molecule has 0 aliphatic heterocycles. The van der Waals surface area contributed by atoms with Gasteiger partial charge in [-0.15, -0.1) is 24.0 Å². The maximum Gasteiger partial charge on any atom is 0.241 e. The number of carbonyl (C=O) groups is 1. The highest BCUT2D eigenvalue weighted by Crippen LogP contribution is 2.14. The second kappa shape index (κ2) is 13.3. The molecule has 1 unspecified atom stereocenters. The first-order valence-electron chi connectivity index (χ1n) is 10.2. The molecule has 0 spiro atoms. The van der Waals surface area contributed by atoms with Crippen LogP contribution in [0.2, 0.25) is 0 Å². The quantitative estimate of drug-likeness (QED) is 0.267. The summed E-state index contributed by atoms with van der Waals surface area (Å²) in [4.78, 5) is 16.6. The molecule has 0 aliphatic carbocycles. The smallest absolute Gasteiger partial charge is 0.241 e. The first-order valence-corrected chi connectivity index (χ1v) is 10.2. The van der Waals surface area contributed by atoms with Crippen molar-refractivity contribution < 1.29 is 4.79 Å². The Morgan fingerprint density at radius 2 is 1.90 bits per heavy atom. The summed E-state index contributed by atoms with van der Waals surface area (Å²) in [5.74, 6) is 0.571. The molecule has 1 aromatic heterocycles. The number of carbonyl (C=O) groups excluding carboxylic acids is 1. The number of guanidine groups is 1. The van der Waals surface area contributed by atoms with Crippen molar-refractivity contribution in [1.82, 2.24) is 25.7 Å². The molecule has 0 radical (unpaired) electrons. The number of aryl methyl sites for hydroxylation is 2. The number of hydrogen-bond donors (Lipinski definition) is 3. The Hall–Kier alpha value is -2.10. The SMILES string of the molecule is CCNC(=NCC(=O)NCCc1ccccc1)NC(C)Cc1c(C)nn(C)c1C.I. The first-order chi connectivity index (χ1) is 13.9. The Morgan fingerprint density at radius 3 is 2.50 bits per heavy atom. The molecule has 30 heavy (non-hydrogen) atoms. The normalized spacial score (nSPS) is 12.1. The molecule has 2 aromatic rings. The van der Waals surface area contributed by atoms with Crippen LogP contribution in [-0.2, 0) is 24.7 Å². The Morgan fingerprint density at radius 1 is 1.20 bits per heavy atom. The third-order valence-corrected chi connectivity index (χ3v) is 4.86. The van der Waals surface area contributed by atoms with E-state index in [0.717, 1.165) is 25.1 Å². The van der Waals surface area contributed by atoms with Crippen molar-refractivity contribution in [2.24, 2.45) is 12.0 Å². The number of benzene rings is 1. The zero-order valence-electron chi connectivity index (χ0n) is 18.7. The van der Waals surface area contributed by atoms with Gasteiger partial charge in [-0.1, -0.05) is 30.3 Å². The van der Waals surface area contributed by atoms with Crippen LogP contribution >= 0.6 is 24.0 Å². The Labute approximate surface area is 197 Å². The Balaban J connectivity index is 0.00000450. The number of aromatic nitrogens is 2. The van der Waals surface area contributed by atoms with E-state index in [-0.39, 0.29) is 42.5 Å². The number of amides is 1. The molecule has 7 nitrogen and oxygen atoms in total. The van der Waals surface area contributed by atoms with Gasteiger partial charge in [0.05, 0.1) is 5.69 Å². The number of rotatable bonds is 9. The Bertz CT molecular complexity index is 819. The van der Waals surface area contributed by atoms with Gasteiger partial charge in [-0.05, 0) is 51.7 Å². The number of halogens is 1. The lowest BCUT2D eigenvalue weighted by atomic mass is 10.1. The van der Waals surface area contributed by atoms with Gasteiger partial charge in [-0.2, -0.15) is 5.10 Å². The van der Waals surface area contributed by atoms with Crippen LogP contribution in [0.1, 0.15) is 36.4 Å². The summed E-state index contributed by atoms with van der Waals surface area (Å²) in [5, 5.41) is 14.0. The Kier molecular flexibility index (Phi) is 11.5. The zero-order valence-corrected chi connectivity index (χ0v) is 21.0. The minimum absolute atomic E-state index is 0. The van der Waals surface area contributed by atoms with Crippen LogP contribution in [0.3, 0.4) is 0 Å². The van der Waals surface area contributed by atoms with Gasteiger partial charge >= 0.3 is 0 Å². The molecule has 1 amide bonds. The molecule has 166 valence electrons. The van der Waals surface area contributed by atoms with Gasteiger partial charge in [-0.3, -0.25) is 9.48 Å². The minimum atomic E-state index is -0.0789. The van der Waals surface area contributed by atoms with Crippen molar-refractivity contribution in [2.75, 3.05) is 19.6 Å². The molecule has 3 N–H and O–H groups in total. The zero-order chi connectivity index (χ0) is 21.2. The third kappa shape index (κ3) is 8.33. The number of nitrogens with zero attached hydrogens (tertiary/aromatic N) is 3. The molecule has 2 rings (SSSR count). The van der Waals surface area contributed by atoms with Gasteiger partial charge in [0.1, 0.15) is 6.54 Å². The minimum Gasteiger partial charge on any atom is -0.357 e. The van der Waals surface area contributed by atoms with Gasteiger partial charge in [0.25, 0.3) is 0 Å². The average Bonchev–Trinajstić information content (AvgIpc) is 2.93. The van der Waals surface area contributed by atoms with Crippen molar-refractivity contribution in [3.8, 4) is 0 Å². The molecule has 8 heteroatoms. The van der Waals surface area contributed by atoms with E-state index in [1.807, 2.05) is 43.8 Å². The van der Waals surface area contributed by atoms with E-state index in [0.29, 0.717) is 12.5 Å². The summed E-state index contributed by atoms with van der Waals surface area (Å²) in [6.45, 7) is 9.68. The topological polar surface area (TPSA) is 83.3 Å². The molecule has 1 atom stereocenters. The van der Waals surface area contributed by atoms with Gasteiger partial charge in [-0.25, -0.2) is 4.99 Å². The van der Waals surface area contributed by atoms with Crippen molar-refractivity contribution >= 4 is 35.8 Å². The first kappa shape index (κ1) is 25.9. The van der Waals surface area contributed by atoms with Crippen LogP contribution in [0.4, 0.5) is 0 Å². The fourth-order valence-electron chi connectivity index (χ4n) is 3.22. The second-order valence-corrected chi connectivity index (χ2v) is 7.30. The highest BCUT2D eigenvalue weighted by Gasteiger charge is 2.14. The summed E-state index contributed by atoms with van der Waals surface area (Å²) >= 11 is 0. The van der Waals surface area contributed by atoms with Crippen LogP contribution in [0, 0.1) is 13.8 Å². The largest absolute Gasteiger partial charge is 0.357 e. The number of hydrogen-bond acceptors (Lipinski definition) is 3. The lowest BCUT2D eigenvalue weighted by molar-refractivity contribution is -0.119. The van der Waals surface area contributed by atoms with E-state index < -0.39 is 0 Å². The van der Waals surface area contributed by atoms with Crippen molar-refractivity contribution in [1.29, 1.82) is 0 Å². The van der Waals surface area contributed by atoms with Gasteiger partial charge in [0.15, 0.2) is 5.96 Å². The van der Waals surface area contributed by atoms with E-state index in [1.165, 1.54) is 16.8 Å². The fourth-order valence-corrected chi connectivity index (χ4v) is 3.22. The van der Waals surface area contributed by atoms with E-state index in [4.69, 9.17) is 0 Å². The predicted octanol–water partition coefficient (Wildman–Crippen LogP) is 2.50. The lowest BCUT2D eigenvalue weighted by Crippen LogP contribution is -2.43. The third-order valence-electron chi connectivity index (χ3n) is 4.86. The molecule has 0 saturated heterocycles. The lowest BCUT2D eigenvalue weighted by Gasteiger charge is -2.18. The molecule has 0 fully saturated rings. The summed E-state index contributed by atoms with van der Waals surface area (Å²) in [6, 6.07) is 10.3. The van der Waals surface area contributed by atoms with Crippen molar-refractivity contribution in [3.05, 3.63) is 52.8 Å². The van der Waals surface area contributed by atoms with Crippen LogP contribution in [0.5, 0.6) is 0 Å². The molecule has 0 bridgehead atoms. The molecule has 0 saturated carbocycles. The van der Waals surface area contributed by atoms with Crippen LogP contribution in [-0.4, -0.2) is 47.3 Å². The standard InChI is InChI=1S/C22H34N6O.HI/c1-6-23-22(26-16(2)14-20-17(3)27-28(5)18(20)4)25-15-21(29)24-13-12-19-10-8-7-9-11-19;/h7-11,16H,6,12-15H2,1-5H3,(H,24,29)(H2,23,25,26);1H. The fraction of sp³-hybridized carbons (Fsp3) is 0.500. The van der Waals surface area contributed by atoms with Crippen molar-refractivity contribution in [2.45, 2.75) is 46.6 Å². The van der Waals surface area contributed by atoms with Crippen LogP contribution in [0.15, 0.2) is 35.3 Å². The summed E-state index contributed by atoms with van der Waals surface area (Å²) in [6.07, 6.45) is 1.66. The van der Waals surface area contributed by atoms with Crippen LogP contribution in [0.25, 0.3) is 0 Å². The summed E-state index contributed by atoms with van der Waals surface area (Å²) in [5.41, 5.74) is 4.69. The average molecular weight is 526 g/mol. The maximum atomic E-state index is 12.1. The number of aliphatic imine (C=N–C) groups is 1. The van der Waals surface area contributed by atoms with E-state index in [1.54, 1.807) is 0 Å². The predicted molar refractivity (Wildman–Crippen MR) is 134 cm³/mol. The van der Waals surface area contributed by atoms with Gasteiger partial charge in [0, 0.05) is 31.9 Å². The van der Waals surface area contributed by atoms with E-state index in [2.05, 4.69) is 52.0 Å². The summed E-state index contributed by atoms with van der Waals surface area (Å²) < 4.78 is 1.91. The highest BCUT2D eigenvalue weighted by molar-refractivity contribution is 14.0. The van der Waals surface area contributed by atoms with Gasteiger partial charge in [0.2, 0.25) is 5.91 Å². The molecule has 1 aromatic carbocycles. The number of nitrogens with one attached hydrogen (secondary N) is 3. The molecule has 1 heterocycles. The molecular weight excluding hydrogens is 491 g/mol. The molecule has 0 aliphatic rings. The van der Waals surface area contributed by atoms with Crippen molar-refractivity contribution in [3.63, 3.8) is 0 Å².